The number of benzene rings is 2. The number of carbonyl (C=O) groups excluding carboxylic acids is 2. The molecule has 0 bridgehead atoms. The van der Waals surface area contributed by atoms with Crippen LogP contribution in [0.2, 0.25) is 5.02 Å². The fraction of sp³-hybridized carbons (Fsp3) is 0.300. The molecule has 0 aliphatic rings. The highest BCUT2D eigenvalue weighted by Gasteiger charge is 2.13. The second-order valence-corrected chi connectivity index (χ2v) is 6.46. The number of methoxy groups -OCH3 is 1. The number of ether oxygens (including phenoxy) is 1. The van der Waals surface area contributed by atoms with Gasteiger partial charge in [0.1, 0.15) is 11.6 Å². The van der Waals surface area contributed by atoms with Crippen LogP contribution in [0.5, 0.6) is 5.75 Å². The van der Waals surface area contributed by atoms with Crippen LogP contribution >= 0.6 is 11.6 Å². The molecule has 27 heavy (non-hydrogen) atoms. The van der Waals surface area contributed by atoms with E-state index in [1.807, 2.05) is 0 Å². The Morgan fingerprint density at radius 3 is 2.48 bits per heavy atom. The number of anilines is 1. The maximum atomic E-state index is 13.0. The van der Waals surface area contributed by atoms with E-state index in [1.54, 1.807) is 35.2 Å². The van der Waals surface area contributed by atoms with Crippen LogP contribution in [0.1, 0.15) is 18.9 Å². The molecule has 0 unspecified atom stereocenters. The molecule has 2 rings (SSSR count). The highest BCUT2D eigenvalue weighted by atomic mass is 35.5. The minimum Gasteiger partial charge on any atom is -0.495 e. The molecule has 0 aromatic heterocycles. The van der Waals surface area contributed by atoms with Gasteiger partial charge in [-0.15, -0.1) is 0 Å². The largest absolute Gasteiger partial charge is 0.495 e. The van der Waals surface area contributed by atoms with Gasteiger partial charge in [-0.25, -0.2) is 4.39 Å². The normalized spacial score (nSPS) is 10.4. The van der Waals surface area contributed by atoms with Crippen molar-refractivity contribution in [3.8, 4) is 5.75 Å². The van der Waals surface area contributed by atoms with E-state index in [0.29, 0.717) is 29.4 Å². The summed E-state index contributed by atoms with van der Waals surface area (Å²) in [5.41, 5.74) is 1.41. The standard InChI is InChI=1S/C20H22ClFN2O3/c1-14(25)24(11-9-15-3-6-17(22)7-4-15)12-10-20(26)23-18-13-16(21)5-8-19(18)27-2/h3-8,13H,9-12H2,1-2H3,(H,23,26). The van der Waals surface area contributed by atoms with Crippen molar-refractivity contribution in [2.24, 2.45) is 0 Å². The highest BCUT2D eigenvalue weighted by molar-refractivity contribution is 6.31. The zero-order chi connectivity index (χ0) is 19.8. The summed E-state index contributed by atoms with van der Waals surface area (Å²) >= 11 is 5.95. The summed E-state index contributed by atoms with van der Waals surface area (Å²) in [6.45, 7) is 2.20. The molecule has 2 aromatic rings. The Hall–Kier alpha value is -2.60. The second kappa shape index (κ2) is 9.92. The van der Waals surface area contributed by atoms with Gasteiger partial charge in [-0.1, -0.05) is 23.7 Å². The first-order chi connectivity index (χ1) is 12.9. The lowest BCUT2D eigenvalue weighted by molar-refractivity contribution is -0.129. The number of carbonyl (C=O) groups is 2. The van der Waals surface area contributed by atoms with Gasteiger partial charge in [0.2, 0.25) is 11.8 Å². The Kier molecular flexibility index (Phi) is 7.61. The Morgan fingerprint density at radius 2 is 1.85 bits per heavy atom. The lowest BCUT2D eigenvalue weighted by Crippen LogP contribution is -2.33. The Balaban J connectivity index is 1.89. The van der Waals surface area contributed by atoms with E-state index in [0.717, 1.165) is 5.56 Å². The minimum absolute atomic E-state index is 0.120. The second-order valence-electron chi connectivity index (χ2n) is 6.03. The van der Waals surface area contributed by atoms with Gasteiger partial charge >= 0.3 is 0 Å². The molecule has 2 aromatic carbocycles. The summed E-state index contributed by atoms with van der Waals surface area (Å²) in [5.74, 6) is -0.156. The zero-order valence-electron chi connectivity index (χ0n) is 15.3. The van der Waals surface area contributed by atoms with Gasteiger partial charge in [-0.05, 0) is 42.3 Å². The van der Waals surface area contributed by atoms with Gasteiger partial charge in [0.25, 0.3) is 0 Å². The fourth-order valence-corrected chi connectivity index (χ4v) is 2.74. The van der Waals surface area contributed by atoms with E-state index in [1.165, 1.54) is 26.2 Å². The van der Waals surface area contributed by atoms with Crippen molar-refractivity contribution in [3.63, 3.8) is 0 Å². The van der Waals surface area contributed by atoms with Gasteiger partial charge in [0.15, 0.2) is 0 Å². The number of hydrogen-bond donors (Lipinski definition) is 1. The summed E-state index contributed by atoms with van der Waals surface area (Å²) in [6, 6.07) is 11.1. The Morgan fingerprint density at radius 1 is 1.15 bits per heavy atom. The summed E-state index contributed by atoms with van der Waals surface area (Å²) in [6.07, 6.45) is 0.724. The third-order valence-electron chi connectivity index (χ3n) is 4.07. The van der Waals surface area contributed by atoms with Crippen LogP contribution < -0.4 is 10.1 Å². The van der Waals surface area contributed by atoms with Crippen molar-refractivity contribution in [2.75, 3.05) is 25.5 Å². The van der Waals surface area contributed by atoms with Crippen LogP contribution in [-0.2, 0) is 16.0 Å². The average Bonchev–Trinajstić information content (AvgIpc) is 2.63. The molecule has 0 spiro atoms. The molecule has 0 fully saturated rings. The van der Waals surface area contributed by atoms with E-state index < -0.39 is 0 Å². The molecule has 0 aliphatic carbocycles. The average molecular weight is 393 g/mol. The monoisotopic (exact) mass is 392 g/mol. The molecule has 0 radical (unpaired) electrons. The molecule has 0 saturated heterocycles. The van der Waals surface area contributed by atoms with Crippen molar-refractivity contribution >= 4 is 29.1 Å². The smallest absolute Gasteiger partial charge is 0.226 e. The van der Waals surface area contributed by atoms with Gasteiger partial charge < -0.3 is 15.0 Å². The predicted octanol–water partition coefficient (Wildman–Crippen LogP) is 3.91. The SMILES string of the molecule is COc1ccc(Cl)cc1NC(=O)CCN(CCc1ccc(F)cc1)C(C)=O. The van der Waals surface area contributed by atoms with Crippen molar-refractivity contribution in [3.05, 3.63) is 58.9 Å². The molecule has 144 valence electrons. The van der Waals surface area contributed by atoms with E-state index in [-0.39, 0.29) is 30.6 Å². The first kappa shape index (κ1) is 20.7. The highest BCUT2D eigenvalue weighted by Crippen LogP contribution is 2.27. The number of hydrogen-bond acceptors (Lipinski definition) is 3. The van der Waals surface area contributed by atoms with Crippen LogP contribution in [-0.4, -0.2) is 36.9 Å². The third kappa shape index (κ3) is 6.57. The third-order valence-corrected chi connectivity index (χ3v) is 4.31. The molecule has 7 heteroatoms. The summed E-state index contributed by atoms with van der Waals surface area (Å²) in [7, 11) is 1.51. The van der Waals surface area contributed by atoms with Gasteiger partial charge in [0, 0.05) is 31.5 Å². The predicted molar refractivity (Wildman–Crippen MR) is 104 cm³/mol. The number of amides is 2. The number of halogens is 2. The lowest BCUT2D eigenvalue weighted by atomic mass is 10.1. The molecule has 0 heterocycles. The van der Waals surface area contributed by atoms with Gasteiger partial charge in [-0.2, -0.15) is 0 Å². The molecule has 0 atom stereocenters. The van der Waals surface area contributed by atoms with Crippen molar-refractivity contribution in [1.29, 1.82) is 0 Å². The first-order valence-electron chi connectivity index (χ1n) is 8.52. The fourth-order valence-electron chi connectivity index (χ4n) is 2.57. The topological polar surface area (TPSA) is 58.6 Å². The number of rotatable bonds is 8. The molecule has 5 nitrogen and oxygen atoms in total. The molecule has 0 aliphatic heterocycles. The Labute approximate surface area is 163 Å². The molecule has 2 amide bonds. The number of nitrogens with zero attached hydrogens (tertiary/aromatic N) is 1. The molecular formula is C20H22ClFN2O3. The lowest BCUT2D eigenvalue weighted by Gasteiger charge is -2.21. The van der Waals surface area contributed by atoms with Crippen LogP contribution in [0.25, 0.3) is 0 Å². The van der Waals surface area contributed by atoms with Gasteiger partial charge in [0.05, 0.1) is 12.8 Å². The number of nitrogens with one attached hydrogen (secondary N) is 1. The van der Waals surface area contributed by atoms with Crippen LogP contribution in [0.15, 0.2) is 42.5 Å². The maximum Gasteiger partial charge on any atom is 0.226 e. The first-order valence-corrected chi connectivity index (χ1v) is 8.90. The molecule has 1 N–H and O–H groups in total. The summed E-state index contributed by atoms with van der Waals surface area (Å²) < 4.78 is 18.2. The van der Waals surface area contributed by atoms with Crippen molar-refractivity contribution < 1.29 is 18.7 Å². The van der Waals surface area contributed by atoms with E-state index >= 15 is 0 Å². The molecule has 0 saturated carbocycles. The zero-order valence-corrected chi connectivity index (χ0v) is 16.1. The van der Waals surface area contributed by atoms with E-state index in [9.17, 15) is 14.0 Å². The summed E-state index contributed by atoms with van der Waals surface area (Å²) in [5, 5.41) is 3.23. The van der Waals surface area contributed by atoms with Crippen LogP contribution in [0, 0.1) is 5.82 Å². The van der Waals surface area contributed by atoms with Crippen LogP contribution in [0.3, 0.4) is 0 Å². The van der Waals surface area contributed by atoms with Crippen molar-refractivity contribution in [1.82, 2.24) is 4.90 Å². The maximum absolute atomic E-state index is 13.0. The quantitative estimate of drug-likeness (QED) is 0.741. The van der Waals surface area contributed by atoms with Crippen molar-refractivity contribution in [2.45, 2.75) is 19.8 Å². The van der Waals surface area contributed by atoms with E-state index in [4.69, 9.17) is 16.3 Å². The Bertz CT molecular complexity index is 796. The van der Waals surface area contributed by atoms with Gasteiger partial charge in [-0.3, -0.25) is 9.59 Å². The van der Waals surface area contributed by atoms with E-state index in [2.05, 4.69) is 5.32 Å². The molecular weight excluding hydrogens is 371 g/mol. The van der Waals surface area contributed by atoms with Crippen LogP contribution in [0.4, 0.5) is 10.1 Å². The summed E-state index contributed by atoms with van der Waals surface area (Å²) in [4.78, 5) is 25.7. The minimum atomic E-state index is -0.296.